The lowest BCUT2D eigenvalue weighted by molar-refractivity contribution is 0.281. The van der Waals surface area contributed by atoms with Crippen LogP contribution in [0.3, 0.4) is 0 Å². The van der Waals surface area contributed by atoms with Crippen LogP contribution in [0.15, 0.2) is 11.9 Å². The van der Waals surface area contributed by atoms with Crippen LogP contribution >= 0.6 is 12.2 Å². The zero-order chi connectivity index (χ0) is 12.0. The second kappa shape index (κ2) is 3.64. The summed E-state index contributed by atoms with van der Waals surface area (Å²) in [5.74, 6) is 0.562. The number of aromatic amines is 1. The number of imidazole rings is 1. The van der Waals surface area contributed by atoms with Crippen molar-refractivity contribution in [3.05, 3.63) is 16.5 Å². The number of aromatic nitrogens is 4. The van der Waals surface area contributed by atoms with Gasteiger partial charge >= 0.3 is 0 Å². The van der Waals surface area contributed by atoms with Gasteiger partial charge in [-0.2, -0.15) is 0 Å². The van der Waals surface area contributed by atoms with Gasteiger partial charge in [-0.1, -0.05) is 12.2 Å². The Morgan fingerprint density at radius 1 is 1.71 bits per heavy atom. The number of nitrogens with one attached hydrogen (secondary N) is 1. The first-order chi connectivity index (χ1) is 8.19. The zero-order valence-corrected chi connectivity index (χ0v) is 9.74. The van der Waals surface area contributed by atoms with Crippen LogP contribution in [0.5, 0.6) is 0 Å². The van der Waals surface area contributed by atoms with Crippen LogP contribution in [0.1, 0.15) is 6.42 Å². The molecular formula is C10H11N5OS. The fourth-order valence-corrected chi connectivity index (χ4v) is 2.04. The topological polar surface area (TPSA) is 92.8 Å². The standard InChI is InChI=1S/C10H11N5OS/c11-10-13-8-7(9(17)14-10)12-4-15(8)2-5-1-6(5)3-16/h2,4,6,16H,1,3H2,(H3,11,13,14,17)/t6-/m1/s1. The number of aliphatic hydroxyl groups is 1. The van der Waals surface area contributed by atoms with Gasteiger partial charge in [0.05, 0.1) is 0 Å². The first kappa shape index (κ1) is 10.4. The lowest BCUT2D eigenvalue weighted by atomic mass is 10.4. The number of hydrogen-bond donors (Lipinski definition) is 3. The Bertz CT molecular complexity index is 671. The van der Waals surface area contributed by atoms with E-state index in [1.54, 1.807) is 6.33 Å². The van der Waals surface area contributed by atoms with Crippen LogP contribution in [0, 0.1) is 10.6 Å². The van der Waals surface area contributed by atoms with Gasteiger partial charge in [-0.05, 0) is 12.0 Å². The number of anilines is 1. The molecule has 7 heteroatoms. The van der Waals surface area contributed by atoms with E-state index in [0.29, 0.717) is 10.2 Å². The third-order valence-corrected chi connectivity index (χ3v) is 3.12. The van der Waals surface area contributed by atoms with Crippen molar-refractivity contribution in [2.75, 3.05) is 12.3 Å². The maximum absolute atomic E-state index is 8.99. The zero-order valence-electron chi connectivity index (χ0n) is 8.92. The summed E-state index contributed by atoms with van der Waals surface area (Å²) < 4.78 is 2.22. The van der Waals surface area contributed by atoms with E-state index < -0.39 is 0 Å². The molecule has 0 radical (unpaired) electrons. The molecule has 3 rings (SSSR count). The molecule has 6 nitrogen and oxygen atoms in total. The predicted octanol–water partition coefficient (Wildman–Crippen LogP) is 0.924. The van der Waals surface area contributed by atoms with E-state index in [1.165, 1.54) is 5.57 Å². The molecule has 1 fully saturated rings. The molecule has 2 heterocycles. The van der Waals surface area contributed by atoms with Gasteiger partial charge in [0, 0.05) is 18.7 Å². The Kier molecular flexibility index (Phi) is 2.23. The molecule has 2 aromatic heterocycles. The smallest absolute Gasteiger partial charge is 0.200 e. The number of aliphatic hydroxyl groups excluding tert-OH is 1. The molecule has 17 heavy (non-hydrogen) atoms. The average molecular weight is 249 g/mol. The Balaban J connectivity index is 2.13. The van der Waals surface area contributed by atoms with E-state index >= 15 is 0 Å². The molecule has 0 amide bonds. The summed E-state index contributed by atoms with van der Waals surface area (Å²) >= 11 is 5.08. The fourth-order valence-electron chi connectivity index (χ4n) is 1.80. The molecule has 1 saturated carbocycles. The highest BCUT2D eigenvalue weighted by Gasteiger charge is 2.28. The number of fused-ring (bicyclic) bond motifs is 1. The molecular weight excluding hydrogens is 238 g/mol. The highest BCUT2D eigenvalue weighted by atomic mass is 32.1. The summed E-state index contributed by atoms with van der Waals surface area (Å²) in [7, 11) is 0. The number of nitrogen functional groups attached to an aromatic ring is 1. The van der Waals surface area contributed by atoms with Gasteiger partial charge in [-0.15, -0.1) is 0 Å². The van der Waals surface area contributed by atoms with Crippen molar-refractivity contribution in [3.8, 4) is 0 Å². The van der Waals surface area contributed by atoms with Crippen molar-refractivity contribution in [2.24, 2.45) is 5.92 Å². The van der Waals surface area contributed by atoms with Crippen molar-refractivity contribution < 1.29 is 5.11 Å². The molecule has 0 aliphatic heterocycles. The molecule has 0 spiro atoms. The quantitative estimate of drug-likeness (QED) is 0.688. The van der Waals surface area contributed by atoms with Crippen molar-refractivity contribution in [1.29, 1.82) is 0 Å². The van der Waals surface area contributed by atoms with Crippen molar-refractivity contribution in [2.45, 2.75) is 6.42 Å². The van der Waals surface area contributed by atoms with Crippen molar-refractivity contribution in [1.82, 2.24) is 19.5 Å². The number of hydrogen-bond acceptors (Lipinski definition) is 5. The lowest BCUT2D eigenvalue weighted by Crippen LogP contribution is -1.97. The molecule has 0 unspecified atom stereocenters. The van der Waals surface area contributed by atoms with Gasteiger partial charge in [0.15, 0.2) is 10.6 Å². The minimum Gasteiger partial charge on any atom is -0.396 e. The molecule has 0 saturated heterocycles. The van der Waals surface area contributed by atoms with Gasteiger partial charge in [-0.25, -0.2) is 9.97 Å². The first-order valence-corrected chi connectivity index (χ1v) is 5.63. The van der Waals surface area contributed by atoms with Gasteiger partial charge in [-0.3, -0.25) is 4.57 Å². The van der Waals surface area contributed by atoms with E-state index in [1.807, 2.05) is 10.8 Å². The molecule has 2 aromatic rings. The molecule has 88 valence electrons. The molecule has 0 aromatic carbocycles. The first-order valence-electron chi connectivity index (χ1n) is 5.23. The van der Waals surface area contributed by atoms with Gasteiger partial charge in [0.25, 0.3) is 0 Å². The largest absolute Gasteiger partial charge is 0.396 e. The van der Waals surface area contributed by atoms with E-state index in [-0.39, 0.29) is 18.5 Å². The second-order valence-electron chi connectivity index (χ2n) is 4.06. The monoisotopic (exact) mass is 249 g/mol. The SMILES string of the molecule is Nc1nc(=S)c2ncn(C=C3C[C@@H]3CO)c2[nH]1. The summed E-state index contributed by atoms with van der Waals surface area (Å²) in [4.78, 5) is 11.1. The highest BCUT2D eigenvalue weighted by Crippen LogP contribution is 2.37. The number of nitrogens with zero attached hydrogens (tertiary/aromatic N) is 3. The number of rotatable bonds is 2. The van der Waals surface area contributed by atoms with E-state index in [0.717, 1.165) is 12.1 Å². The van der Waals surface area contributed by atoms with Crippen molar-refractivity contribution >= 4 is 35.5 Å². The Labute approximate surface area is 102 Å². The normalized spacial score (nSPS) is 21.2. The molecule has 4 N–H and O–H groups in total. The average Bonchev–Trinajstić information content (AvgIpc) is 2.92. The molecule has 1 aliphatic carbocycles. The summed E-state index contributed by atoms with van der Waals surface area (Å²) in [5.41, 5.74) is 8.18. The highest BCUT2D eigenvalue weighted by molar-refractivity contribution is 7.71. The third-order valence-electron chi connectivity index (χ3n) is 2.84. The Morgan fingerprint density at radius 3 is 3.24 bits per heavy atom. The Morgan fingerprint density at radius 2 is 2.53 bits per heavy atom. The number of H-pyrrole nitrogens is 1. The molecule has 1 aliphatic rings. The summed E-state index contributed by atoms with van der Waals surface area (Å²) in [6.45, 7) is 0.193. The van der Waals surface area contributed by atoms with Crippen LogP contribution in [-0.4, -0.2) is 31.2 Å². The van der Waals surface area contributed by atoms with Crippen LogP contribution in [0.2, 0.25) is 0 Å². The molecule has 1 atom stereocenters. The number of nitrogens with two attached hydrogens (primary N) is 1. The lowest BCUT2D eigenvalue weighted by Gasteiger charge is -1.98. The third kappa shape index (κ3) is 1.73. The van der Waals surface area contributed by atoms with Gasteiger partial charge in [0.1, 0.15) is 17.5 Å². The summed E-state index contributed by atoms with van der Waals surface area (Å²) in [6.07, 6.45) is 4.54. The van der Waals surface area contributed by atoms with Gasteiger partial charge in [0.2, 0.25) is 0 Å². The maximum Gasteiger partial charge on any atom is 0.200 e. The maximum atomic E-state index is 8.99. The minimum absolute atomic E-state index is 0.193. The van der Waals surface area contributed by atoms with Crippen molar-refractivity contribution in [3.63, 3.8) is 0 Å². The second-order valence-corrected chi connectivity index (χ2v) is 4.45. The minimum atomic E-state index is 0.193. The molecule has 0 bridgehead atoms. The van der Waals surface area contributed by atoms with Crippen LogP contribution in [0.25, 0.3) is 17.4 Å². The predicted molar refractivity (Wildman–Crippen MR) is 66.6 cm³/mol. The summed E-state index contributed by atoms with van der Waals surface area (Å²) in [5, 5.41) is 8.99. The fraction of sp³-hybridized carbons (Fsp3) is 0.300. The van der Waals surface area contributed by atoms with Crippen LogP contribution < -0.4 is 5.73 Å². The van der Waals surface area contributed by atoms with E-state index in [9.17, 15) is 0 Å². The van der Waals surface area contributed by atoms with Crippen LogP contribution in [0.4, 0.5) is 5.95 Å². The Hall–Kier alpha value is -1.73. The van der Waals surface area contributed by atoms with Gasteiger partial charge < -0.3 is 15.8 Å². The van der Waals surface area contributed by atoms with E-state index in [4.69, 9.17) is 23.1 Å². The summed E-state index contributed by atoms with van der Waals surface area (Å²) in [6, 6.07) is 0. The van der Waals surface area contributed by atoms with E-state index in [2.05, 4.69) is 15.0 Å². The van der Waals surface area contributed by atoms with Crippen LogP contribution in [-0.2, 0) is 0 Å².